The second kappa shape index (κ2) is 9.52. The Labute approximate surface area is 217 Å². The van der Waals surface area contributed by atoms with Gasteiger partial charge in [0.15, 0.2) is 5.01 Å². The molecular formula is C23H27N7O5S2. The number of hydrogen-bond donors (Lipinski definition) is 5. The Bertz CT molecular complexity index is 1510. The van der Waals surface area contributed by atoms with Crippen molar-refractivity contribution in [2.45, 2.75) is 43.4 Å². The number of fused-ring (bicyclic) bond motifs is 2. The second-order valence-electron chi connectivity index (χ2n) is 9.34. The van der Waals surface area contributed by atoms with Crippen molar-refractivity contribution in [3.8, 4) is 0 Å². The van der Waals surface area contributed by atoms with E-state index < -0.39 is 28.5 Å². The zero-order chi connectivity index (χ0) is 26.5. The summed E-state index contributed by atoms with van der Waals surface area (Å²) in [5.41, 5.74) is 7.46. The number of H-pyrrole nitrogens is 1. The molecule has 2 aliphatic heterocycles. The van der Waals surface area contributed by atoms with E-state index in [9.17, 15) is 23.1 Å². The lowest BCUT2D eigenvalue weighted by atomic mass is 10.1. The molecule has 4 heterocycles. The summed E-state index contributed by atoms with van der Waals surface area (Å²) in [6, 6.07) is 5.78. The van der Waals surface area contributed by atoms with Crippen LogP contribution in [0, 0.1) is 5.41 Å². The molecule has 0 bridgehead atoms. The molecule has 1 fully saturated rings. The SMILES string of the molecule is CC1Cc2nc(C(=O)N3CCN(S(=O)(=O)c4cc5cc(C(=N)N)ccc5[nH]4)CC3CC(=O)O)sc2CN1. The summed E-state index contributed by atoms with van der Waals surface area (Å²) >= 11 is 1.30. The number of benzene rings is 1. The molecule has 2 atom stereocenters. The number of aromatic nitrogens is 2. The highest BCUT2D eigenvalue weighted by molar-refractivity contribution is 7.89. The molecule has 0 spiro atoms. The van der Waals surface area contributed by atoms with Crippen molar-refractivity contribution in [1.82, 2.24) is 24.5 Å². The van der Waals surface area contributed by atoms with Crippen LogP contribution in [0.1, 0.15) is 39.3 Å². The molecule has 1 amide bonds. The minimum atomic E-state index is -4.01. The Morgan fingerprint density at radius 1 is 1.30 bits per heavy atom. The smallest absolute Gasteiger partial charge is 0.305 e. The summed E-state index contributed by atoms with van der Waals surface area (Å²) in [4.78, 5) is 34.9. The highest BCUT2D eigenvalue weighted by atomic mass is 32.2. The number of amidine groups is 1. The second-order valence-corrected chi connectivity index (χ2v) is 12.3. The Morgan fingerprint density at radius 3 is 2.81 bits per heavy atom. The standard InChI is InChI=1S/C23H27N7O5S2/c1-12-6-17-18(10-26-12)36-22(28-17)23(33)30-5-4-29(11-15(30)9-20(31)32)37(34,35)19-8-14-7-13(21(24)25)2-3-16(14)27-19/h2-3,7-8,12,15,26-27H,4-6,9-11H2,1H3,(H3,24,25)(H,31,32). The molecule has 2 aliphatic rings. The van der Waals surface area contributed by atoms with E-state index in [1.54, 1.807) is 18.2 Å². The first-order chi connectivity index (χ1) is 17.5. The van der Waals surface area contributed by atoms with Gasteiger partial charge in [-0.05, 0) is 31.2 Å². The van der Waals surface area contributed by atoms with E-state index in [0.717, 1.165) is 10.6 Å². The average Bonchev–Trinajstić information content (AvgIpc) is 3.47. The van der Waals surface area contributed by atoms with E-state index in [2.05, 4.69) is 15.3 Å². The molecule has 5 rings (SSSR count). The van der Waals surface area contributed by atoms with Crippen LogP contribution < -0.4 is 11.1 Å². The molecule has 0 radical (unpaired) electrons. The fourth-order valence-corrected chi connectivity index (χ4v) is 7.24. The largest absolute Gasteiger partial charge is 0.481 e. The van der Waals surface area contributed by atoms with Gasteiger partial charge in [0.1, 0.15) is 10.9 Å². The number of aliphatic carboxylic acids is 1. The van der Waals surface area contributed by atoms with Gasteiger partial charge in [0, 0.05) is 60.0 Å². The average molecular weight is 546 g/mol. The predicted octanol–water partition coefficient (Wildman–Crippen LogP) is 0.933. The van der Waals surface area contributed by atoms with Gasteiger partial charge in [-0.25, -0.2) is 13.4 Å². The van der Waals surface area contributed by atoms with Crippen molar-refractivity contribution in [3.05, 3.63) is 45.4 Å². The Hall–Kier alpha value is -3.33. The minimum Gasteiger partial charge on any atom is -0.481 e. The number of nitrogen functional groups attached to an aromatic ring is 1. The van der Waals surface area contributed by atoms with E-state index in [-0.39, 0.29) is 42.4 Å². The third kappa shape index (κ3) is 4.84. The van der Waals surface area contributed by atoms with Gasteiger partial charge in [0.25, 0.3) is 15.9 Å². The van der Waals surface area contributed by atoms with Crippen LogP contribution in [-0.2, 0) is 27.8 Å². The van der Waals surface area contributed by atoms with Crippen molar-refractivity contribution in [1.29, 1.82) is 5.41 Å². The van der Waals surface area contributed by atoms with Crippen LogP contribution in [0.15, 0.2) is 29.3 Å². The Morgan fingerprint density at radius 2 is 2.08 bits per heavy atom. The molecule has 14 heteroatoms. The number of rotatable bonds is 6. The van der Waals surface area contributed by atoms with Crippen molar-refractivity contribution in [2.75, 3.05) is 19.6 Å². The van der Waals surface area contributed by atoms with Crippen molar-refractivity contribution >= 4 is 50.0 Å². The predicted molar refractivity (Wildman–Crippen MR) is 137 cm³/mol. The first-order valence-corrected chi connectivity index (χ1v) is 14.0. The fourth-order valence-electron chi connectivity index (χ4n) is 4.76. The highest BCUT2D eigenvalue weighted by Crippen LogP contribution is 2.28. The maximum atomic E-state index is 13.5. The van der Waals surface area contributed by atoms with Gasteiger partial charge < -0.3 is 26.0 Å². The molecule has 37 heavy (non-hydrogen) atoms. The van der Waals surface area contributed by atoms with E-state index in [0.29, 0.717) is 34.4 Å². The van der Waals surface area contributed by atoms with Crippen LogP contribution >= 0.6 is 11.3 Å². The summed E-state index contributed by atoms with van der Waals surface area (Å²) in [7, 11) is -4.01. The first-order valence-electron chi connectivity index (χ1n) is 11.7. The maximum Gasteiger partial charge on any atom is 0.305 e. The molecule has 1 saturated heterocycles. The molecule has 2 unspecified atom stereocenters. The zero-order valence-corrected chi connectivity index (χ0v) is 21.7. The highest BCUT2D eigenvalue weighted by Gasteiger charge is 2.39. The zero-order valence-electron chi connectivity index (χ0n) is 20.0. The number of carbonyl (C=O) groups is 2. The summed E-state index contributed by atoms with van der Waals surface area (Å²) in [6.45, 7) is 2.58. The molecule has 2 aromatic heterocycles. The Kier molecular flexibility index (Phi) is 6.52. The molecule has 12 nitrogen and oxygen atoms in total. The topological polar surface area (TPSA) is 186 Å². The number of nitrogens with one attached hydrogen (secondary N) is 3. The number of nitrogens with two attached hydrogens (primary N) is 1. The molecule has 0 aliphatic carbocycles. The van der Waals surface area contributed by atoms with Gasteiger partial charge in [-0.1, -0.05) is 0 Å². The minimum absolute atomic E-state index is 0.0158. The molecule has 3 aromatic rings. The maximum absolute atomic E-state index is 13.5. The van der Waals surface area contributed by atoms with Crippen molar-refractivity contribution < 1.29 is 23.1 Å². The van der Waals surface area contributed by atoms with Gasteiger partial charge in [-0.15, -0.1) is 11.3 Å². The molecular weight excluding hydrogens is 518 g/mol. The van der Waals surface area contributed by atoms with Crippen LogP contribution in [0.5, 0.6) is 0 Å². The molecule has 1 aromatic carbocycles. The van der Waals surface area contributed by atoms with E-state index in [1.807, 2.05) is 6.92 Å². The summed E-state index contributed by atoms with van der Waals surface area (Å²) in [6.07, 6.45) is 0.318. The number of carboxylic acid groups (broad SMARTS) is 1. The quantitative estimate of drug-likeness (QED) is 0.224. The van der Waals surface area contributed by atoms with Gasteiger partial charge in [-0.2, -0.15) is 4.31 Å². The van der Waals surface area contributed by atoms with E-state index in [1.165, 1.54) is 26.6 Å². The van der Waals surface area contributed by atoms with Crippen molar-refractivity contribution in [3.63, 3.8) is 0 Å². The molecule has 0 saturated carbocycles. The number of piperazine rings is 1. The molecule has 196 valence electrons. The number of sulfonamides is 1. The van der Waals surface area contributed by atoms with Crippen LogP contribution in [0.4, 0.5) is 0 Å². The monoisotopic (exact) mass is 545 g/mol. The number of amides is 1. The third-order valence-electron chi connectivity index (χ3n) is 6.71. The van der Waals surface area contributed by atoms with Crippen LogP contribution in [0.3, 0.4) is 0 Å². The number of thiazole rings is 1. The van der Waals surface area contributed by atoms with Gasteiger partial charge >= 0.3 is 5.97 Å². The van der Waals surface area contributed by atoms with E-state index in [4.69, 9.17) is 11.1 Å². The number of nitrogens with zero attached hydrogens (tertiary/aromatic N) is 3. The van der Waals surface area contributed by atoms with Crippen LogP contribution in [-0.4, -0.2) is 82.1 Å². The summed E-state index contributed by atoms with van der Waals surface area (Å²) in [5.74, 6) is -1.63. The lowest BCUT2D eigenvalue weighted by Gasteiger charge is -2.39. The summed E-state index contributed by atoms with van der Waals surface area (Å²) in [5, 5.41) is 21.3. The molecule has 6 N–H and O–H groups in total. The van der Waals surface area contributed by atoms with Gasteiger partial charge in [-0.3, -0.25) is 15.0 Å². The Balaban J connectivity index is 1.39. The lowest BCUT2D eigenvalue weighted by molar-refractivity contribution is -0.138. The fraction of sp³-hybridized carbons (Fsp3) is 0.391. The van der Waals surface area contributed by atoms with Gasteiger partial charge in [0.05, 0.1) is 18.2 Å². The number of hydrogen-bond acceptors (Lipinski definition) is 8. The van der Waals surface area contributed by atoms with Gasteiger partial charge in [0.2, 0.25) is 0 Å². The van der Waals surface area contributed by atoms with Crippen LogP contribution in [0.25, 0.3) is 10.9 Å². The number of carbonyl (C=O) groups excluding carboxylic acids is 1. The van der Waals surface area contributed by atoms with Crippen LogP contribution in [0.2, 0.25) is 0 Å². The van der Waals surface area contributed by atoms with E-state index >= 15 is 0 Å². The number of aromatic amines is 1. The lowest BCUT2D eigenvalue weighted by Crippen LogP contribution is -2.57. The summed E-state index contributed by atoms with van der Waals surface area (Å²) < 4.78 is 28.2. The normalized spacial score (nSPS) is 20.6. The van der Waals surface area contributed by atoms with Crippen molar-refractivity contribution in [2.24, 2.45) is 5.73 Å². The first kappa shape index (κ1) is 25.3. The third-order valence-corrected chi connectivity index (χ3v) is 9.59. The number of carboxylic acids is 1.